The largest absolute Gasteiger partial charge is 0.380 e. The molecule has 0 spiro atoms. The van der Waals surface area contributed by atoms with Crippen LogP contribution in [0.1, 0.15) is 43.2 Å². The van der Waals surface area contributed by atoms with Crippen molar-refractivity contribution in [2.24, 2.45) is 23.7 Å². The number of nitrogens with one attached hydrogen (secondary N) is 1. The van der Waals surface area contributed by atoms with Crippen LogP contribution in [0.15, 0.2) is 24.3 Å². The minimum absolute atomic E-state index is 0.712. The zero-order chi connectivity index (χ0) is 14.2. The molecule has 1 aromatic carbocycles. The van der Waals surface area contributed by atoms with Gasteiger partial charge in [-0.15, -0.1) is 0 Å². The highest BCUT2D eigenvalue weighted by Gasteiger charge is 2.47. The fourth-order valence-electron chi connectivity index (χ4n) is 5.41. The molecule has 0 amide bonds. The monoisotopic (exact) mass is 285 g/mol. The first-order valence-electron chi connectivity index (χ1n) is 8.62. The summed E-state index contributed by atoms with van der Waals surface area (Å²) in [5, 5.41) is 3.90. The topological polar surface area (TPSA) is 21.3 Å². The maximum atomic E-state index is 5.17. The minimum Gasteiger partial charge on any atom is -0.380 e. The molecule has 21 heavy (non-hydrogen) atoms. The second-order valence-electron chi connectivity index (χ2n) is 7.59. The Morgan fingerprint density at radius 1 is 0.905 bits per heavy atom. The van der Waals surface area contributed by atoms with Gasteiger partial charge in [0.2, 0.25) is 0 Å². The lowest BCUT2D eigenvalue weighted by Gasteiger charge is -2.54. The lowest BCUT2D eigenvalue weighted by atomic mass is 9.54. The van der Waals surface area contributed by atoms with Crippen molar-refractivity contribution in [1.29, 1.82) is 0 Å². The summed E-state index contributed by atoms with van der Waals surface area (Å²) in [7, 11) is 1.75. The van der Waals surface area contributed by atoms with Gasteiger partial charge in [-0.25, -0.2) is 0 Å². The second-order valence-corrected chi connectivity index (χ2v) is 7.59. The Morgan fingerprint density at radius 2 is 1.48 bits per heavy atom. The molecule has 0 aromatic heterocycles. The first-order valence-corrected chi connectivity index (χ1v) is 8.62. The van der Waals surface area contributed by atoms with Gasteiger partial charge in [-0.1, -0.05) is 24.3 Å². The van der Waals surface area contributed by atoms with Gasteiger partial charge in [-0.3, -0.25) is 0 Å². The summed E-state index contributed by atoms with van der Waals surface area (Å²) in [6.45, 7) is 1.74. The van der Waals surface area contributed by atoms with Crippen molar-refractivity contribution in [2.45, 2.75) is 51.3 Å². The van der Waals surface area contributed by atoms with E-state index in [1.54, 1.807) is 13.5 Å². The Morgan fingerprint density at radius 3 is 2.05 bits per heavy atom. The van der Waals surface area contributed by atoms with E-state index in [4.69, 9.17) is 4.74 Å². The van der Waals surface area contributed by atoms with Crippen LogP contribution in [0.3, 0.4) is 0 Å². The van der Waals surface area contributed by atoms with E-state index in [0.717, 1.165) is 36.3 Å². The molecule has 4 aliphatic rings. The Labute approximate surface area is 128 Å². The standard InChI is InChI=1S/C19H27NO/c1-21-12-14-4-2-13(3-5-14)11-20-19-17-7-15-6-16(9-17)10-18(19)8-15/h2-5,15-20H,6-12H2,1H3. The van der Waals surface area contributed by atoms with E-state index in [9.17, 15) is 0 Å². The highest BCUT2D eigenvalue weighted by molar-refractivity contribution is 5.22. The molecule has 1 aromatic rings. The molecule has 0 radical (unpaired) electrons. The van der Waals surface area contributed by atoms with Crippen molar-refractivity contribution in [2.75, 3.05) is 7.11 Å². The predicted molar refractivity (Wildman–Crippen MR) is 84.8 cm³/mol. The highest BCUT2D eigenvalue weighted by atomic mass is 16.5. The maximum Gasteiger partial charge on any atom is 0.0713 e. The van der Waals surface area contributed by atoms with E-state index in [1.807, 2.05) is 0 Å². The molecule has 4 bridgehead atoms. The molecule has 1 N–H and O–H groups in total. The lowest BCUT2D eigenvalue weighted by molar-refractivity contribution is -0.0142. The SMILES string of the molecule is COCc1ccc(CNC2C3CC4CC(C3)CC2C4)cc1. The summed E-state index contributed by atoms with van der Waals surface area (Å²) < 4.78 is 5.17. The molecule has 2 heteroatoms. The number of ether oxygens (including phenoxy) is 1. The number of rotatable bonds is 5. The Hall–Kier alpha value is -0.860. The van der Waals surface area contributed by atoms with E-state index in [0.29, 0.717) is 6.61 Å². The van der Waals surface area contributed by atoms with Crippen LogP contribution in [0.25, 0.3) is 0 Å². The van der Waals surface area contributed by atoms with Gasteiger partial charge in [-0.05, 0) is 66.9 Å². The summed E-state index contributed by atoms with van der Waals surface area (Å²) in [6, 6.07) is 9.67. The molecule has 114 valence electrons. The highest BCUT2D eigenvalue weighted by Crippen LogP contribution is 2.53. The van der Waals surface area contributed by atoms with Crippen LogP contribution < -0.4 is 5.32 Å². The lowest BCUT2D eigenvalue weighted by Crippen LogP contribution is -2.54. The number of methoxy groups -OCH3 is 1. The minimum atomic E-state index is 0.712. The van der Waals surface area contributed by atoms with Gasteiger partial charge in [-0.2, -0.15) is 0 Å². The van der Waals surface area contributed by atoms with Crippen molar-refractivity contribution in [1.82, 2.24) is 5.32 Å². The molecular formula is C19H27NO. The third kappa shape index (κ3) is 2.76. The molecule has 4 aliphatic carbocycles. The van der Waals surface area contributed by atoms with Crippen LogP contribution in [-0.2, 0) is 17.9 Å². The molecule has 0 saturated heterocycles. The van der Waals surface area contributed by atoms with Gasteiger partial charge >= 0.3 is 0 Å². The third-order valence-corrected chi connectivity index (χ3v) is 6.10. The molecule has 5 rings (SSSR count). The van der Waals surface area contributed by atoms with Gasteiger partial charge in [0.05, 0.1) is 6.61 Å². The molecule has 0 heterocycles. The molecule has 4 fully saturated rings. The summed E-state index contributed by atoms with van der Waals surface area (Å²) >= 11 is 0. The third-order valence-electron chi connectivity index (χ3n) is 6.10. The van der Waals surface area contributed by atoms with Crippen LogP contribution in [0.2, 0.25) is 0 Å². The maximum absolute atomic E-state index is 5.17. The number of benzene rings is 1. The molecule has 0 unspecified atom stereocenters. The van der Waals surface area contributed by atoms with Gasteiger partial charge in [0, 0.05) is 19.7 Å². The number of hydrogen-bond acceptors (Lipinski definition) is 2. The normalized spacial score (nSPS) is 37.1. The van der Waals surface area contributed by atoms with Gasteiger partial charge in [0.15, 0.2) is 0 Å². The van der Waals surface area contributed by atoms with E-state index < -0.39 is 0 Å². The molecule has 2 nitrogen and oxygen atoms in total. The van der Waals surface area contributed by atoms with Crippen LogP contribution >= 0.6 is 0 Å². The fourth-order valence-corrected chi connectivity index (χ4v) is 5.41. The molecular weight excluding hydrogens is 258 g/mol. The molecule has 0 aliphatic heterocycles. The smallest absolute Gasteiger partial charge is 0.0713 e. The zero-order valence-electron chi connectivity index (χ0n) is 13.1. The van der Waals surface area contributed by atoms with Crippen LogP contribution in [-0.4, -0.2) is 13.2 Å². The average molecular weight is 285 g/mol. The van der Waals surface area contributed by atoms with E-state index >= 15 is 0 Å². The van der Waals surface area contributed by atoms with Crippen LogP contribution in [0, 0.1) is 23.7 Å². The average Bonchev–Trinajstić information content (AvgIpc) is 2.48. The number of hydrogen-bond donors (Lipinski definition) is 1. The summed E-state index contributed by atoms with van der Waals surface area (Å²) in [5.41, 5.74) is 2.67. The quantitative estimate of drug-likeness (QED) is 0.889. The predicted octanol–water partition coefficient (Wildman–Crippen LogP) is 3.75. The summed E-state index contributed by atoms with van der Waals surface area (Å²) in [5.74, 6) is 4.07. The van der Waals surface area contributed by atoms with Gasteiger partial charge in [0.25, 0.3) is 0 Å². The van der Waals surface area contributed by atoms with Crippen molar-refractivity contribution in [3.63, 3.8) is 0 Å². The van der Waals surface area contributed by atoms with E-state index in [-0.39, 0.29) is 0 Å². The second kappa shape index (κ2) is 5.73. The zero-order valence-corrected chi connectivity index (χ0v) is 13.1. The Bertz CT molecular complexity index is 453. The van der Waals surface area contributed by atoms with E-state index in [1.165, 1.54) is 36.8 Å². The molecule has 4 saturated carbocycles. The Kier molecular flexibility index (Phi) is 3.76. The van der Waals surface area contributed by atoms with E-state index in [2.05, 4.69) is 29.6 Å². The Balaban J connectivity index is 1.36. The van der Waals surface area contributed by atoms with Crippen molar-refractivity contribution in [3.05, 3.63) is 35.4 Å². The summed E-state index contributed by atoms with van der Waals surface area (Å²) in [6.07, 6.45) is 7.53. The van der Waals surface area contributed by atoms with Crippen LogP contribution in [0.5, 0.6) is 0 Å². The van der Waals surface area contributed by atoms with Crippen molar-refractivity contribution < 1.29 is 4.74 Å². The van der Waals surface area contributed by atoms with Crippen molar-refractivity contribution >= 4 is 0 Å². The van der Waals surface area contributed by atoms with Gasteiger partial charge < -0.3 is 10.1 Å². The molecule has 0 atom stereocenters. The van der Waals surface area contributed by atoms with Crippen LogP contribution in [0.4, 0.5) is 0 Å². The van der Waals surface area contributed by atoms with Gasteiger partial charge in [0.1, 0.15) is 0 Å². The van der Waals surface area contributed by atoms with Crippen molar-refractivity contribution in [3.8, 4) is 0 Å². The summed E-state index contributed by atoms with van der Waals surface area (Å²) in [4.78, 5) is 0. The first-order chi connectivity index (χ1) is 10.3. The fraction of sp³-hybridized carbons (Fsp3) is 0.684. The first kappa shape index (κ1) is 13.8.